The fourth-order valence-electron chi connectivity index (χ4n) is 2.21. The van der Waals surface area contributed by atoms with Crippen molar-refractivity contribution in [1.82, 2.24) is 10.3 Å². The minimum Gasteiger partial charge on any atom is -0.378 e. The minimum absolute atomic E-state index is 0.0162. The van der Waals surface area contributed by atoms with Gasteiger partial charge in [-0.2, -0.15) is 5.10 Å². The number of hydrogen-bond donors (Lipinski definition) is 1. The van der Waals surface area contributed by atoms with E-state index in [0.717, 1.165) is 12.0 Å². The number of allylic oxidation sites excluding steroid dienone is 3. The van der Waals surface area contributed by atoms with Gasteiger partial charge < -0.3 is 10.3 Å². The molecule has 0 unspecified atom stereocenters. The van der Waals surface area contributed by atoms with E-state index in [4.69, 9.17) is 0 Å². The van der Waals surface area contributed by atoms with Crippen molar-refractivity contribution in [3.8, 4) is 0 Å². The molecule has 0 saturated heterocycles. The highest BCUT2D eigenvalue weighted by Crippen LogP contribution is 2.29. The third-order valence-corrected chi connectivity index (χ3v) is 3.28. The molecule has 0 saturated carbocycles. The lowest BCUT2D eigenvalue weighted by Gasteiger charge is -2.17. The number of hydrazone groups is 1. The van der Waals surface area contributed by atoms with Crippen molar-refractivity contribution in [2.24, 2.45) is 5.10 Å². The quantitative estimate of drug-likeness (QED) is 0.675. The normalized spacial score (nSPS) is 15.1. The van der Waals surface area contributed by atoms with E-state index in [-0.39, 0.29) is 5.54 Å². The molecule has 1 aromatic carbocycles. The highest BCUT2D eigenvalue weighted by Gasteiger charge is 2.12. The average Bonchev–Trinajstić information content (AvgIpc) is 2.87. The summed E-state index contributed by atoms with van der Waals surface area (Å²) in [5.41, 5.74) is 8.14. The van der Waals surface area contributed by atoms with Crippen LogP contribution in [0.1, 0.15) is 38.3 Å². The van der Waals surface area contributed by atoms with Gasteiger partial charge in [-0.05, 0) is 44.4 Å². The van der Waals surface area contributed by atoms with Crippen LogP contribution in [0.15, 0.2) is 47.2 Å². The smallest absolute Gasteiger partial charge is 0.0546 e. The van der Waals surface area contributed by atoms with Crippen LogP contribution >= 0.6 is 0 Å². The van der Waals surface area contributed by atoms with Crippen molar-refractivity contribution >= 4 is 11.8 Å². The second-order valence-electron chi connectivity index (χ2n) is 6.60. The summed E-state index contributed by atoms with van der Waals surface area (Å²) < 4.78 is 0. The summed E-state index contributed by atoms with van der Waals surface area (Å²) in [6.45, 7) is 6.30. The van der Waals surface area contributed by atoms with Crippen LogP contribution < -0.4 is 5.43 Å². The maximum atomic E-state index is 4.37. The number of nitrogens with zero attached hydrogens (tertiary/aromatic N) is 2. The molecular weight excluding hydrogens is 258 g/mol. The molecule has 0 aliphatic heterocycles. The van der Waals surface area contributed by atoms with E-state index in [0.29, 0.717) is 0 Å². The van der Waals surface area contributed by atoms with Crippen LogP contribution in [0, 0.1) is 0 Å². The maximum Gasteiger partial charge on any atom is 0.0546 e. The van der Waals surface area contributed by atoms with Gasteiger partial charge >= 0.3 is 0 Å². The zero-order valence-electron chi connectivity index (χ0n) is 13.6. The number of benzene rings is 1. The van der Waals surface area contributed by atoms with Gasteiger partial charge in [0, 0.05) is 30.9 Å². The van der Waals surface area contributed by atoms with Gasteiger partial charge in [0.05, 0.1) is 6.21 Å². The molecular formula is C18H25N3. The summed E-state index contributed by atoms with van der Waals surface area (Å²) in [6.07, 6.45) is 7.40. The minimum atomic E-state index is -0.0162. The number of nitrogens with one attached hydrogen (secondary N) is 1. The number of rotatable bonds is 4. The van der Waals surface area contributed by atoms with E-state index in [1.54, 1.807) is 0 Å². The Morgan fingerprint density at radius 1 is 1.19 bits per heavy atom. The molecule has 0 atom stereocenters. The zero-order valence-corrected chi connectivity index (χ0v) is 13.6. The fourth-order valence-corrected chi connectivity index (χ4v) is 2.21. The second-order valence-corrected chi connectivity index (χ2v) is 6.60. The third-order valence-electron chi connectivity index (χ3n) is 3.28. The summed E-state index contributed by atoms with van der Waals surface area (Å²) in [6, 6.07) is 8.41. The fraction of sp³-hybridized carbons (Fsp3) is 0.389. The van der Waals surface area contributed by atoms with Gasteiger partial charge in [0.15, 0.2) is 0 Å². The molecule has 0 amide bonds. The standard InChI is InChI=1S/C18H25N3/c1-18(2,3)20-19-13-15-8-6-7-9-17(15)14-10-11-16(12-14)21(4)5/h6-9,11-13,20H,10H2,1-5H3/b19-13+. The van der Waals surface area contributed by atoms with Crippen molar-refractivity contribution in [1.29, 1.82) is 0 Å². The lowest BCUT2D eigenvalue weighted by Crippen LogP contribution is -2.31. The monoisotopic (exact) mass is 283 g/mol. The first kappa shape index (κ1) is 15.4. The molecule has 3 heteroatoms. The van der Waals surface area contributed by atoms with Crippen LogP contribution in [0.3, 0.4) is 0 Å². The summed E-state index contributed by atoms with van der Waals surface area (Å²) in [5, 5.41) is 4.37. The van der Waals surface area contributed by atoms with Gasteiger partial charge in [-0.15, -0.1) is 0 Å². The summed E-state index contributed by atoms with van der Waals surface area (Å²) in [7, 11) is 4.15. The van der Waals surface area contributed by atoms with Crippen LogP contribution in [0.4, 0.5) is 0 Å². The molecule has 1 aromatic rings. The predicted octanol–water partition coefficient (Wildman–Crippen LogP) is 3.64. The van der Waals surface area contributed by atoms with Crippen molar-refractivity contribution in [2.75, 3.05) is 14.1 Å². The van der Waals surface area contributed by atoms with E-state index in [1.807, 2.05) is 6.21 Å². The van der Waals surface area contributed by atoms with E-state index in [2.05, 4.69) is 86.7 Å². The molecule has 0 bridgehead atoms. The summed E-state index contributed by atoms with van der Waals surface area (Å²) in [4.78, 5) is 2.14. The Labute approximate surface area is 128 Å². The summed E-state index contributed by atoms with van der Waals surface area (Å²) >= 11 is 0. The van der Waals surface area contributed by atoms with Gasteiger partial charge in [0.25, 0.3) is 0 Å². The van der Waals surface area contributed by atoms with Crippen LogP contribution in [0.5, 0.6) is 0 Å². The van der Waals surface area contributed by atoms with Crippen molar-refractivity contribution < 1.29 is 0 Å². The van der Waals surface area contributed by atoms with Gasteiger partial charge in [-0.3, -0.25) is 0 Å². The molecule has 0 heterocycles. The van der Waals surface area contributed by atoms with E-state index in [1.165, 1.54) is 16.8 Å². The molecule has 2 rings (SSSR count). The Morgan fingerprint density at radius 2 is 1.90 bits per heavy atom. The molecule has 3 nitrogen and oxygen atoms in total. The average molecular weight is 283 g/mol. The predicted molar refractivity (Wildman–Crippen MR) is 91.3 cm³/mol. The molecule has 0 spiro atoms. The second kappa shape index (κ2) is 6.17. The Bertz CT molecular complexity index is 587. The van der Waals surface area contributed by atoms with E-state index in [9.17, 15) is 0 Å². The Hall–Kier alpha value is -2.03. The SMILES string of the molecule is CN(C)C1=CCC(c2ccccc2/C=N/NC(C)(C)C)=C1. The van der Waals surface area contributed by atoms with Gasteiger partial charge in [-0.25, -0.2) is 0 Å². The van der Waals surface area contributed by atoms with E-state index >= 15 is 0 Å². The van der Waals surface area contributed by atoms with Crippen LogP contribution in [0.25, 0.3) is 5.57 Å². The molecule has 0 radical (unpaired) electrons. The molecule has 0 fully saturated rings. The molecule has 1 aliphatic carbocycles. The molecule has 1 N–H and O–H groups in total. The Kier molecular flexibility index (Phi) is 4.51. The molecule has 1 aliphatic rings. The lowest BCUT2D eigenvalue weighted by atomic mass is 10.00. The highest BCUT2D eigenvalue weighted by atomic mass is 15.3. The topological polar surface area (TPSA) is 27.6 Å². The largest absolute Gasteiger partial charge is 0.378 e. The van der Waals surface area contributed by atoms with Crippen molar-refractivity contribution in [3.63, 3.8) is 0 Å². The van der Waals surface area contributed by atoms with Crippen molar-refractivity contribution in [2.45, 2.75) is 32.7 Å². The van der Waals surface area contributed by atoms with Gasteiger partial charge in [-0.1, -0.05) is 30.3 Å². The third kappa shape index (κ3) is 4.22. The Morgan fingerprint density at radius 3 is 2.52 bits per heavy atom. The van der Waals surface area contributed by atoms with Crippen LogP contribution in [-0.2, 0) is 0 Å². The molecule has 0 aromatic heterocycles. The molecule has 21 heavy (non-hydrogen) atoms. The zero-order chi connectivity index (χ0) is 15.5. The van der Waals surface area contributed by atoms with Crippen LogP contribution in [-0.4, -0.2) is 30.7 Å². The Balaban J connectivity index is 2.21. The number of hydrogen-bond acceptors (Lipinski definition) is 3. The first-order chi connectivity index (χ1) is 9.87. The first-order valence-corrected chi connectivity index (χ1v) is 7.34. The van der Waals surface area contributed by atoms with E-state index < -0.39 is 0 Å². The lowest BCUT2D eigenvalue weighted by molar-refractivity contribution is 0.442. The number of likely N-dealkylation sites (N-methyl/N-ethyl adjacent to an activating group) is 1. The maximum absolute atomic E-state index is 4.37. The molecule has 112 valence electrons. The van der Waals surface area contributed by atoms with Crippen molar-refractivity contribution in [3.05, 3.63) is 53.2 Å². The van der Waals surface area contributed by atoms with Crippen LogP contribution in [0.2, 0.25) is 0 Å². The highest BCUT2D eigenvalue weighted by molar-refractivity contribution is 5.89. The van der Waals surface area contributed by atoms with Gasteiger partial charge in [0.2, 0.25) is 0 Å². The van der Waals surface area contributed by atoms with Gasteiger partial charge in [0.1, 0.15) is 0 Å². The summed E-state index contributed by atoms with van der Waals surface area (Å²) in [5.74, 6) is 0. The first-order valence-electron chi connectivity index (χ1n) is 7.34.